The second kappa shape index (κ2) is 7.08. The van der Waals surface area contributed by atoms with Crippen molar-refractivity contribution in [3.63, 3.8) is 0 Å². The molecule has 3 nitrogen and oxygen atoms in total. The van der Waals surface area contributed by atoms with Gasteiger partial charge < -0.3 is 9.88 Å². The molecule has 0 aliphatic heterocycles. The lowest BCUT2D eigenvalue weighted by atomic mass is 10.1. The van der Waals surface area contributed by atoms with Gasteiger partial charge in [0.15, 0.2) is 0 Å². The molecular weight excluding hydrogens is 198 g/mol. The highest BCUT2D eigenvalue weighted by Gasteiger charge is 2.12. The van der Waals surface area contributed by atoms with Crippen LogP contribution in [-0.2, 0) is 7.05 Å². The molecule has 1 atom stereocenters. The van der Waals surface area contributed by atoms with Crippen molar-refractivity contribution >= 4 is 0 Å². The number of hydrogen-bond acceptors (Lipinski definition) is 2. The number of rotatable bonds is 6. The van der Waals surface area contributed by atoms with Crippen LogP contribution in [0.3, 0.4) is 0 Å². The summed E-state index contributed by atoms with van der Waals surface area (Å²) in [7, 11) is 2.04. The summed E-state index contributed by atoms with van der Waals surface area (Å²) in [4.78, 5) is 4.17. The van der Waals surface area contributed by atoms with Crippen molar-refractivity contribution in [2.45, 2.75) is 39.2 Å². The Balaban J connectivity index is 2.62. The maximum Gasteiger partial charge on any atom is 0.0946 e. The second-order valence-corrected chi connectivity index (χ2v) is 3.90. The fourth-order valence-electron chi connectivity index (χ4n) is 1.72. The van der Waals surface area contributed by atoms with Crippen molar-refractivity contribution < 1.29 is 0 Å². The number of nitrogens with zero attached hydrogens (tertiary/aromatic N) is 2. The Bertz CT molecular complexity index is 357. The number of aryl methyl sites for hydroxylation is 1. The van der Waals surface area contributed by atoms with Crippen LogP contribution in [0.5, 0.6) is 0 Å². The highest BCUT2D eigenvalue weighted by atomic mass is 15.1. The van der Waals surface area contributed by atoms with Gasteiger partial charge in [-0.1, -0.05) is 6.92 Å². The molecule has 16 heavy (non-hydrogen) atoms. The Hall–Kier alpha value is -1.27. The molecule has 1 aromatic rings. The van der Waals surface area contributed by atoms with Crippen LogP contribution in [0.25, 0.3) is 0 Å². The molecule has 0 saturated heterocycles. The molecule has 0 bridgehead atoms. The van der Waals surface area contributed by atoms with E-state index in [1.165, 1.54) is 5.69 Å². The van der Waals surface area contributed by atoms with E-state index in [0.717, 1.165) is 25.8 Å². The molecule has 0 radical (unpaired) electrons. The summed E-state index contributed by atoms with van der Waals surface area (Å²) in [5.74, 6) is 6.06. The molecular formula is C13H21N3. The van der Waals surface area contributed by atoms with E-state index in [-0.39, 0.29) is 0 Å². The fourth-order valence-corrected chi connectivity index (χ4v) is 1.72. The van der Waals surface area contributed by atoms with E-state index >= 15 is 0 Å². The number of imidazole rings is 1. The Labute approximate surface area is 98.3 Å². The highest BCUT2D eigenvalue weighted by molar-refractivity contribution is 5.06. The third-order valence-electron chi connectivity index (χ3n) is 2.59. The monoisotopic (exact) mass is 219 g/mol. The minimum Gasteiger partial charge on any atom is -0.336 e. The maximum absolute atomic E-state index is 4.17. The van der Waals surface area contributed by atoms with E-state index in [1.807, 2.05) is 26.5 Å². The Morgan fingerprint density at radius 2 is 2.38 bits per heavy atom. The van der Waals surface area contributed by atoms with Crippen LogP contribution in [0, 0.1) is 11.8 Å². The first-order valence-corrected chi connectivity index (χ1v) is 5.88. The summed E-state index contributed by atoms with van der Waals surface area (Å²) < 4.78 is 2.08. The van der Waals surface area contributed by atoms with Crippen molar-refractivity contribution in [2.75, 3.05) is 6.54 Å². The average Bonchev–Trinajstić information content (AvgIpc) is 2.70. The summed E-state index contributed by atoms with van der Waals surface area (Å²) >= 11 is 0. The molecule has 3 heteroatoms. The lowest BCUT2D eigenvalue weighted by Gasteiger charge is -2.17. The summed E-state index contributed by atoms with van der Waals surface area (Å²) in [6, 6.07) is 0.369. The molecule has 0 spiro atoms. The fraction of sp³-hybridized carbons (Fsp3) is 0.615. The number of nitrogens with one attached hydrogen (secondary N) is 1. The Kier molecular flexibility index (Phi) is 5.66. The summed E-state index contributed by atoms with van der Waals surface area (Å²) in [6.07, 6.45) is 6.91. The molecule has 88 valence electrons. The lowest BCUT2D eigenvalue weighted by molar-refractivity contribution is 0.482. The predicted octanol–water partition coefficient (Wildman–Crippen LogP) is 2.26. The molecule has 0 aromatic carbocycles. The van der Waals surface area contributed by atoms with Gasteiger partial charge in [-0.3, -0.25) is 0 Å². The molecule has 0 aliphatic rings. The molecule has 0 amide bonds. The Morgan fingerprint density at radius 1 is 1.56 bits per heavy atom. The first kappa shape index (κ1) is 12.8. The third-order valence-corrected chi connectivity index (χ3v) is 2.59. The van der Waals surface area contributed by atoms with Crippen LogP contribution in [0.2, 0.25) is 0 Å². The molecule has 1 aromatic heterocycles. The van der Waals surface area contributed by atoms with Gasteiger partial charge >= 0.3 is 0 Å². The van der Waals surface area contributed by atoms with Gasteiger partial charge in [-0.05, 0) is 26.3 Å². The van der Waals surface area contributed by atoms with Crippen molar-refractivity contribution in [1.82, 2.24) is 14.9 Å². The van der Waals surface area contributed by atoms with E-state index in [2.05, 4.69) is 33.6 Å². The molecule has 0 fully saturated rings. The lowest BCUT2D eigenvalue weighted by Crippen LogP contribution is -2.23. The quantitative estimate of drug-likeness (QED) is 0.744. The summed E-state index contributed by atoms with van der Waals surface area (Å²) in [6.45, 7) is 5.10. The van der Waals surface area contributed by atoms with Gasteiger partial charge in [0.1, 0.15) is 0 Å². The van der Waals surface area contributed by atoms with Gasteiger partial charge in [0.25, 0.3) is 0 Å². The summed E-state index contributed by atoms with van der Waals surface area (Å²) in [5.41, 5.74) is 1.24. The molecule has 1 heterocycles. The van der Waals surface area contributed by atoms with Crippen molar-refractivity contribution in [1.29, 1.82) is 0 Å². The van der Waals surface area contributed by atoms with E-state index in [1.54, 1.807) is 0 Å². The summed E-state index contributed by atoms with van der Waals surface area (Å²) in [5, 5.41) is 3.54. The zero-order valence-electron chi connectivity index (χ0n) is 10.5. The van der Waals surface area contributed by atoms with Gasteiger partial charge in [-0.15, -0.1) is 11.8 Å². The maximum atomic E-state index is 4.17. The van der Waals surface area contributed by atoms with Gasteiger partial charge in [0.2, 0.25) is 0 Å². The predicted molar refractivity (Wildman–Crippen MR) is 66.9 cm³/mol. The van der Waals surface area contributed by atoms with Gasteiger partial charge in [0.05, 0.1) is 12.0 Å². The second-order valence-electron chi connectivity index (χ2n) is 3.90. The van der Waals surface area contributed by atoms with Gasteiger partial charge in [0, 0.05) is 25.7 Å². The SMILES string of the molecule is CC#CCCC(NCCC)c1cncn1C. The number of hydrogen-bond donors (Lipinski definition) is 1. The third kappa shape index (κ3) is 3.71. The van der Waals surface area contributed by atoms with E-state index in [4.69, 9.17) is 0 Å². The minimum absolute atomic E-state index is 0.369. The first-order chi connectivity index (χ1) is 7.79. The van der Waals surface area contributed by atoms with Crippen LogP contribution in [0.4, 0.5) is 0 Å². The standard InChI is InChI=1S/C13H21N3/c1-4-6-7-8-12(15-9-5-2)13-10-14-11-16(13)3/h10-12,15H,5,7-9H2,1-3H3. The van der Waals surface area contributed by atoms with Crippen molar-refractivity contribution in [2.24, 2.45) is 7.05 Å². The molecule has 1 unspecified atom stereocenters. The van der Waals surface area contributed by atoms with Crippen LogP contribution in [-0.4, -0.2) is 16.1 Å². The minimum atomic E-state index is 0.369. The van der Waals surface area contributed by atoms with Gasteiger partial charge in [-0.2, -0.15) is 0 Å². The van der Waals surface area contributed by atoms with E-state index in [0.29, 0.717) is 6.04 Å². The molecule has 1 N–H and O–H groups in total. The highest BCUT2D eigenvalue weighted by Crippen LogP contribution is 2.17. The zero-order chi connectivity index (χ0) is 11.8. The largest absolute Gasteiger partial charge is 0.336 e. The van der Waals surface area contributed by atoms with Gasteiger partial charge in [-0.25, -0.2) is 4.98 Å². The van der Waals surface area contributed by atoms with Crippen LogP contribution < -0.4 is 5.32 Å². The van der Waals surface area contributed by atoms with Crippen LogP contribution >= 0.6 is 0 Å². The molecule has 0 aliphatic carbocycles. The Morgan fingerprint density at radius 3 is 2.94 bits per heavy atom. The smallest absolute Gasteiger partial charge is 0.0946 e. The number of aromatic nitrogens is 2. The first-order valence-electron chi connectivity index (χ1n) is 5.88. The molecule has 1 rings (SSSR count). The topological polar surface area (TPSA) is 29.9 Å². The molecule has 0 saturated carbocycles. The van der Waals surface area contributed by atoms with E-state index in [9.17, 15) is 0 Å². The van der Waals surface area contributed by atoms with Crippen molar-refractivity contribution in [3.05, 3.63) is 18.2 Å². The van der Waals surface area contributed by atoms with Crippen LogP contribution in [0.15, 0.2) is 12.5 Å². The average molecular weight is 219 g/mol. The normalized spacial score (nSPS) is 11.9. The zero-order valence-corrected chi connectivity index (χ0v) is 10.5. The van der Waals surface area contributed by atoms with Crippen LogP contribution in [0.1, 0.15) is 44.8 Å². The van der Waals surface area contributed by atoms with Crippen molar-refractivity contribution in [3.8, 4) is 11.8 Å². The van der Waals surface area contributed by atoms with E-state index < -0.39 is 0 Å².